The topological polar surface area (TPSA) is 30.2 Å². The number of hydrogen-bond acceptors (Lipinski definition) is 2. The molecule has 18 heavy (non-hydrogen) atoms. The van der Waals surface area contributed by atoms with E-state index in [1.54, 1.807) is 24.3 Å². The molecule has 0 saturated carbocycles. The molecule has 2 nitrogen and oxygen atoms in total. The summed E-state index contributed by atoms with van der Waals surface area (Å²) in [5, 5.41) is 0. The van der Waals surface area contributed by atoms with Crippen LogP contribution in [0, 0.1) is 0 Å². The molecule has 0 atom stereocenters. The van der Waals surface area contributed by atoms with Crippen molar-refractivity contribution >= 4 is 15.9 Å². The number of hydrogen-bond donors (Lipinski definition) is 0. The Morgan fingerprint density at radius 1 is 1.11 bits per heavy atom. The van der Waals surface area contributed by atoms with Gasteiger partial charge in [0.2, 0.25) is 5.76 Å². The Balaban J connectivity index is 2.63. The van der Waals surface area contributed by atoms with Crippen LogP contribution in [0.2, 0.25) is 0 Å². The van der Waals surface area contributed by atoms with E-state index in [0.29, 0.717) is 10.0 Å². The van der Waals surface area contributed by atoms with Gasteiger partial charge in [-0.15, -0.1) is 0 Å². The average Bonchev–Trinajstić information content (AvgIpc) is 2.27. The Bertz CT molecular complexity index is 632. The van der Waals surface area contributed by atoms with Crippen LogP contribution in [0.5, 0.6) is 0 Å². The van der Waals surface area contributed by atoms with Crippen LogP contribution in [-0.2, 0) is 6.18 Å². The highest BCUT2D eigenvalue weighted by atomic mass is 79.9. The molecule has 0 spiro atoms. The van der Waals surface area contributed by atoms with Gasteiger partial charge in [0.15, 0.2) is 0 Å². The fourth-order valence-corrected chi connectivity index (χ4v) is 1.98. The second kappa shape index (κ2) is 4.61. The third-order valence-electron chi connectivity index (χ3n) is 2.23. The van der Waals surface area contributed by atoms with Crippen molar-refractivity contribution in [3.05, 3.63) is 57.1 Å². The van der Waals surface area contributed by atoms with Gasteiger partial charge in [0.05, 0.1) is 0 Å². The van der Waals surface area contributed by atoms with Crippen molar-refractivity contribution in [1.82, 2.24) is 0 Å². The van der Waals surface area contributed by atoms with Crippen molar-refractivity contribution in [2.75, 3.05) is 0 Å². The lowest BCUT2D eigenvalue weighted by molar-refractivity contribution is -0.154. The van der Waals surface area contributed by atoms with E-state index in [1.807, 2.05) is 0 Å². The quantitative estimate of drug-likeness (QED) is 0.792. The molecule has 0 aliphatic carbocycles. The zero-order chi connectivity index (χ0) is 13.3. The van der Waals surface area contributed by atoms with Gasteiger partial charge in [-0.05, 0) is 23.3 Å². The summed E-state index contributed by atoms with van der Waals surface area (Å²) < 4.78 is 42.3. The lowest BCUT2D eigenvalue weighted by Gasteiger charge is -2.08. The standard InChI is InChI=1S/C12H6BrF3O2/c13-9-4-2-1-3-8(9)7-5-10(12(14,15)16)18-11(17)6-7/h1-6H. The van der Waals surface area contributed by atoms with Crippen LogP contribution in [0.4, 0.5) is 13.2 Å². The predicted octanol–water partition coefficient (Wildman–Crippen LogP) is 4.09. The van der Waals surface area contributed by atoms with E-state index < -0.39 is 17.6 Å². The first-order valence-corrected chi connectivity index (χ1v) is 5.64. The van der Waals surface area contributed by atoms with E-state index in [1.165, 1.54) is 0 Å². The lowest BCUT2D eigenvalue weighted by atomic mass is 10.1. The second-order valence-corrected chi connectivity index (χ2v) is 4.36. The van der Waals surface area contributed by atoms with Crippen LogP contribution in [0.15, 0.2) is 50.1 Å². The lowest BCUT2D eigenvalue weighted by Crippen LogP contribution is -2.10. The van der Waals surface area contributed by atoms with E-state index >= 15 is 0 Å². The van der Waals surface area contributed by atoms with E-state index in [2.05, 4.69) is 20.3 Å². The molecular formula is C12H6BrF3O2. The fourth-order valence-electron chi connectivity index (χ4n) is 1.47. The molecule has 0 bridgehead atoms. The molecule has 0 saturated heterocycles. The summed E-state index contributed by atoms with van der Waals surface area (Å²) in [5.74, 6) is -1.30. The minimum atomic E-state index is -4.68. The van der Waals surface area contributed by atoms with Gasteiger partial charge in [-0.25, -0.2) is 4.79 Å². The van der Waals surface area contributed by atoms with Crippen LogP contribution in [0.1, 0.15) is 5.76 Å². The van der Waals surface area contributed by atoms with Crippen LogP contribution < -0.4 is 5.63 Å². The summed E-state index contributed by atoms with van der Waals surface area (Å²) >= 11 is 3.22. The van der Waals surface area contributed by atoms with E-state index in [9.17, 15) is 18.0 Å². The Hall–Kier alpha value is -1.56. The van der Waals surface area contributed by atoms with Crippen LogP contribution >= 0.6 is 15.9 Å². The Kier molecular flexibility index (Phi) is 3.30. The molecule has 2 rings (SSSR count). The molecule has 0 radical (unpaired) electrons. The molecule has 0 amide bonds. The third kappa shape index (κ3) is 2.64. The second-order valence-electron chi connectivity index (χ2n) is 3.51. The Morgan fingerprint density at radius 3 is 2.39 bits per heavy atom. The van der Waals surface area contributed by atoms with Crippen LogP contribution in [-0.4, -0.2) is 0 Å². The van der Waals surface area contributed by atoms with E-state index in [4.69, 9.17) is 0 Å². The number of alkyl halides is 3. The maximum absolute atomic E-state index is 12.5. The van der Waals surface area contributed by atoms with Crippen molar-refractivity contribution in [3.63, 3.8) is 0 Å². The first-order valence-electron chi connectivity index (χ1n) is 4.85. The maximum atomic E-state index is 12.5. The van der Waals surface area contributed by atoms with Crippen molar-refractivity contribution in [2.45, 2.75) is 6.18 Å². The highest BCUT2D eigenvalue weighted by Crippen LogP contribution is 2.33. The van der Waals surface area contributed by atoms with Gasteiger partial charge in [-0.2, -0.15) is 13.2 Å². The summed E-state index contributed by atoms with van der Waals surface area (Å²) in [6.07, 6.45) is -4.68. The zero-order valence-electron chi connectivity index (χ0n) is 8.79. The molecular weight excluding hydrogens is 313 g/mol. The smallest absolute Gasteiger partial charge is 0.418 e. The molecule has 6 heteroatoms. The van der Waals surface area contributed by atoms with E-state index in [0.717, 1.165) is 12.1 Å². The first-order chi connectivity index (χ1) is 8.38. The minimum absolute atomic E-state index is 0.158. The first kappa shape index (κ1) is 12.9. The van der Waals surface area contributed by atoms with Crippen molar-refractivity contribution < 1.29 is 17.6 Å². The van der Waals surface area contributed by atoms with Gasteiger partial charge >= 0.3 is 11.8 Å². The van der Waals surface area contributed by atoms with E-state index in [-0.39, 0.29) is 5.56 Å². The minimum Gasteiger partial charge on any atom is -0.418 e. The number of rotatable bonds is 1. The zero-order valence-corrected chi connectivity index (χ0v) is 10.4. The largest absolute Gasteiger partial charge is 0.449 e. The maximum Gasteiger partial charge on any atom is 0.449 e. The molecule has 0 aliphatic heterocycles. The molecule has 0 fully saturated rings. The predicted molar refractivity (Wildman–Crippen MR) is 63.1 cm³/mol. The molecule has 1 aromatic carbocycles. The molecule has 2 aromatic rings. The average molecular weight is 319 g/mol. The monoisotopic (exact) mass is 318 g/mol. The van der Waals surface area contributed by atoms with Gasteiger partial charge in [-0.1, -0.05) is 34.1 Å². The molecule has 1 aromatic heterocycles. The third-order valence-corrected chi connectivity index (χ3v) is 2.93. The molecule has 0 unspecified atom stereocenters. The van der Waals surface area contributed by atoms with Crippen LogP contribution in [0.25, 0.3) is 11.1 Å². The normalized spacial score (nSPS) is 11.6. The number of halogens is 4. The summed E-state index contributed by atoms with van der Waals surface area (Å²) in [6, 6.07) is 8.51. The molecule has 0 N–H and O–H groups in total. The summed E-state index contributed by atoms with van der Waals surface area (Å²) in [6.45, 7) is 0. The fraction of sp³-hybridized carbons (Fsp3) is 0.0833. The van der Waals surface area contributed by atoms with Gasteiger partial charge in [-0.3, -0.25) is 0 Å². The summed E-state index contributed by atoms with van der Waals surface area (Å²) in [7, 11) is 0. The molecule has 94 valence electrons. The van der Waals surface area contributed by atoms with Gasteiger partial charge in [0.1, 0.15) is 0 Å². The SMILES string of the molecule is O=c1cc(-c2ccccc2Br)cc(C(F)(F)F)o1. The van der Waals surface area contributed by atoms with Crippen molar-refractivity contribution in [2.24, 2.45) is 0 Å². The summed E-state index contributed by atoms with van der Waals surface area (Å²) in [4.78, 5) is 11.2. The summed E-state index contributed by atoms with van der Waals surface area (Å²) in [5.41, 5.74) is -0.377. The van der Waals surface area contributed by atoms with Crippen LogP contribution in [0.3, 0.4) is 0 Å². The number of benzene rings is 1. The highest BCUT2D eigenvalue weighted by molar-refractivity contribution is 9.10. The molecule has 0 aliphatic rings. The van der Waals surface area contributed by atoms with Gasteiger partial charge in [0, 0.05) is 10.5 Å². The van der Waals surface area contributed by atoms with Crippen molar-refractivity contribution in [1.29, 1.82) is 0 Å². The Morgan fingerprint density at radius 2 is 1.78 bits per heavy atom. The molecule has 1 heterocycles. The highest BCUT2D eigenvalue weighted by Gasteiger charge is 2.34. The Labute approximate surface area is 108 Å². The van der Waals surface area contributed by atoms with Gasteiger partial charge in [0.25, 0.3) is 0 Å². The van der Waals surface area contributed by atoms with Crippen molar-refractivity contribution in [3.8, 4) is 11.1 Å². The van der Waals surface area contributed by atoms with Gasteiger partial charge < -0.3 is 4.42 Å².